The number of rotatable bonds is 11. The van der Waals surface area contributed by atoms with E-state index in [0.717, 1.165) is 220 Å². The van der Waals surface area contributed by atoms with Crippen molar-refractivity contribution < 1.29 is 17.7 Å². The van der Waals surface area contributed by atoms with E-state index in [2.05, 4.69) is 294 Å². The number of nitrogens with zero attached hydrogens (tertiary/aromatic N) is 8. The number of hydrogen-bond donors (Lipinski definition) is 0. The van der Waals surface area contributed by atoms with Crippen molar-refractivity contribution in [2.24, 2.45) is 0 Å². The van der Waals surface area contributed by atoms with Gasteiger partial charge in [-0.25, -0.2) is 29.9 Å². The van der Waals surface area contributed by atoms with Crippen LogP contribution in [0.2, 0.25) is 0 Å². The van der Waals surface area contributed by atoms with Gasteiger partial charge in [-0.05, 0) is 158 Å². The zero-order chi connectivity index (χ0) is 79.8. The minimum atomic E-state index is 0.502. The van der Waals surface area contributed by atoms with E-state index in [1.165, 1.54) is 5.39 Å². The Kier molecular flexibility index (Phi) is 14.6. The largest absolute Gasteiger partial charge is 0.456 e. The molecular weight excluding hydrogens is 1500 g/mol. The number of furan rings is 4. The van der Waals surface area contributed by atoms with Crippen LogP contribution in [-0.4, -0.2) is 39.0 Å². The van der Waals surface area contributed by atoms with Crippen molar-refractivity contribution in [3.63, 3.8) is 0 Å². The molecule has 26 rings (SSSR count). The van der Waals surface area contributed by atoms with Gasteiger partial charge in [0.15, 0.2) is 46.1 Å². The first-order valence-corrected chi connectivity index (χ1v) is 40.9. The highest BCUT2D eigenvalue weighted by Crippen LogP contribution is 2.49. The van der Waals surface area contributed by atoms with Crippen molar-refractivity contribution in [2.75, 3.05) is 0 Å². The quantitative estimate of drug-likeness (QED) is 0.123. The van der Waals surface area contributed by atoms with Gasteiger partial charge in [0.25, 0.3) is 0 Å². The molecule has 0 aliphatic carbocycles. The molecule has 12 heteroatoms. The van der Waals surface area contributed by atoms with Crippen molar-refractivity contribution in [1.82, 2.24) is 39.0 Å². The van der Waals surface area contributed by atoms with E-state index in [1.54, 1.807) is 0 Å². The van der Waals surface area contributed by atoms with E-state index in [-0.39, 0.29) is 0 Å². The van der Waals surface area contributed by atoms with Crippen LogP contribution in [0.15, 0.2) is 394 Å². The fraction of sp³-hybridized carbons (Fsp3) is 0. The molecule has 0 unspecified atom stereocenters. The third-order valence-electron chi connectivity index (χ3n) is 24.6. The summed E-state index contributed by atoms with van der Waals surface area (Å²) in [6.45, 7) is 0. The van der Waals surface area contributed by atoms with Crippen LogP contribution >= 0.6 is 0 Å². The fourth-order valence-corrected chi connectivity index (χ4v) is 19.1. The number of fused-ring (bicyclic) bond motifs is 20. The van der Waals surface area contributed by atoms with Gasteiger partial charge in [0.05, 0.1) is 33.4 Å². The standard InChI is InChI=1S/C110H62N8O4/c1-2-22-63(23-3-1)64-48-52-67(53-49-64)105-111-107(80-36-20-44-96-99(80)76-31-9-14-40-92(76)119-96)115-109(112-105)82-55-57-89(104-102(82)79-34-12-17-43-95(79)122-104)118-87-39-19-35-74(98(87)85-60-70-25-5-7-27-72(70)62-91(85)118)66-50-46-65(47-51-66)68-28-18-29-73(58-68)106-113-108(81-37-21-45-97-100(81)77-32-10-15-41-93(77)120-97)116-110(114-106)83-54-56-88(103-101(83)78-33-11-16-42-94(78)121-103)117-86-38-13-8-30-75(86)84-59-69-24-4-6-26-71(69)61-90(84)117/h1-62H. The third kappa shape index (κ3) is 10.4. The maximum atomic E-state index is 7.27. The Morgan fingerprint density at radius 1 is 0.172 bits per heavy atom. The molecule has 0 saturated heterocycles. The Bertz CT molecular complexity index is 8910. The maximum absolute atomic E-state index is 7.27. The number of aromatic nitrogens is 8. The first-order chi connectivity index (χ1) is 60.4. The molecule has 0 aliphatic rings. The van der Waals surface area contributed by atoms with Crippen molar-refractivity contribution in [3.8, 4) is 113 Å². The molecule has 0 aliphatic heterocycles. The Balaban J connectivity index is 0.615. The summed E-state index contributed by atoms with van der Waals surface area (Å²) in [5.74, 6) is 3.10. The summed E-state index contributed by atoms with van der Waals surface area (Å²) in [6.07, 6.45) is 0. The highest BCUT2D eigenvalue weighted by atomic mass is 16.3. The first-order valence-electron chi connectivity index (χ1n) is 40.9. The van der Waals surface area contributed by atoms with E-state index in [9.17, 15) is 0 Å². The topological polar surface area (TPSA) is 140 Å². The molecule has 0 spiro atoms. The van der Waals surface area contributed by atoms with Crippen molar-refractivity contribution in [1.29, 1.82) is 0 Å². The monoisotopic (exact) mass is 1560 g/mol. The second-order valence-corrected chi connectivity index (χ2v) is 31.5. The molecule has 12 nitrogen and oxygen atoms in total. The van der Waals surface area contributed by atoms with E-state index < -0.39 is 0 Å². The molecule has 0 saturated carbocycles. The molecule has 0 N–H and O–H groups in total. The van der Waals surface area contributed by atoms with Gasteiger partial charge in [0, 0.05) is 98.0 Å². The molecule has 26 aromatic rings. The van der Waals surface area contributed by atoms with Crippen LogP contribution in [0.25, 0.3) is 266 Å². The summed E-state index contributed by atoms with van der Waals surface area (Å²) in [7, 11) is 0. The minimum Gasteiger partial charge on any atom is -0.456 e. The van der Waals surface area contributed by atoms with Gasteiger partial charge < -0.3 is 26.8 Å². The highest BCUT2D eigenvalue weighted by Gasteiger charge is 2.29. The molecule has 18 aromatic carbocycles. The summed E-state index contributed by atoms with van der Waals surface area (Å²) in [5, 5.41) is 16.6. The van der Waals surface area contributed by atoms with Gasteiger partial charge in [0.1, 0.15) is 33.5 Å². The summed E-state index contributed by atoms with van der Waals surface area (Å²) in [5.41, 5.74) is 23.3. The molecule has 0 bridgehead atoms. The predicted octanol–water partition coefficient (Wildman–Crippen LogP) is 29.2. The van der Waals surface area contributed by atoms with E-state index in [0.29, 0.717) is 40.5 Å². The van der Waals surface area contributed by atoms with Gasteiger partial charge in [-0.2, -0.15) is 0 Å². The van der Waals surface area contributed by atoms with Crippen molar-refractivity contribution >= 4 is 153 Å². The smallest absolute Gasteiger partial charge is 0.164 e. The Labute approximate surface area is 694 Å². The van der Waals surface area contributed by atoms with Crippen LogP contribution in [0.4, 0.5) is 0 Å². The van der Waals surface area contributed by atoms with Crippen LogP contribution in [0.1, 0.15) is 0 Å². The average molecular weight is 1560 g/mol. The Hall–Kier alpha value is -16.7. The van der Waals surface area contributed by atoms with E-state index in [4.69, 9.17) is 47.6 Å². The number of benzene rings is 18. The summed E-state index contributed by atoms with van der Waals surface area (Å²) >= 11 is 0. The molecule has 0 atom stereocenters. The highest BCUT2D eigenvalue weighted by molar-refractivity contribution is 6.23. The lowest BCUT2D eigenvalue weighted by Gasteiger charge is -2.13. The van der Waals surface area contributed by atoms with E-state index >= 15 is 0 Å². The zero-order valence-corrected chi connectivity index (χ0v) is 65.0. The SMILES string of the molecule is c1ccc(-c2ccc(-c3nc(-c4cccc5oc6ccccc6c45)nc(-c4ccc(-n5c6cc7ccccc7cc6c6c(-c7ccc(-c8cccc(-c9nc(-c%10cccc%11oc%12ccccc%12c%10%11)nc(-c%10ccc(-n%11c%12ccccc%12c%12cc%13ccccc%13cc%12%11)c%11oc%12ccccc%12c%10%11)n9)c8)cc7)cccc65)c5oc6ccccc6c45)n3)cc2)cc1. The molecule has 566 valence electrons. The third-order valence-corrected chi connectivity index (χ3v) is 24.6. The van der Waals surface area contributed by atoms with Gasteiger partial charge in [0.2, 0.25) is 0 Å². The second-order valence-electron chi connectivity index (χ2n) is 31.5. The molecule has 122 heavy (non-hydrogen) atoms. The molecule has 8 aromatic heterocycles. The van der Waals surface area contributed by atoms with Crippen LogP contribution in [-0.2, 0) is 0 Å². The van der Waals surface area contributed by atoms with Gasteiger partial charge >= 0.3 is 0 Å². The second kappa shape index (κ2) is 26.4. The zero-order valence-electron chi connectivity index (χ0n) is 65.0. The van der Waals surface area contributed by atoms with Crippen molar-refractivity contribution in [3.05, 3.63) is 376 Å². The Morgan fingerprint density at radius 3 is 1.08 bits per heavy atom. The molecule has 0 amide bonds. The summed E-state index contributed by atoms with van der Waals surface area (Å²) in [6, 6.07) is 132. The van der Waals surface area contributed by atoms with Crippen LogP contribution < -0.4 is 0 Å². The lowest BCUT2D eigenvalue weighted by Crippen LogP contribution is -2.02. The van der Waals surface area contributed by atoms with Crippen LogP contribution in [0.3, 0.4) is 0 Å². The summed E-state index contributed by atoms with van der Waals surface area (Å²) in [4.78, 5) is 32.9. The molecular formula is C110H62N8O4. The lowest BCUT2D eigenvalue weighted by molar-refractivity contribution is 0.666. The molecule has 0 radical (unpaired) electrons. The maximum Gasteiger partial charge on any atom is 0.164 e. The van der Waals surface area contributed by atoms with Crippen LogP contribution in [0.5, 0.6) is 0 Å². The molecule has 0 fully saturated rings. The number of para-hydroxylation sites is 5. The minimum absolute atomic E-state index is 0.502. The van der Waals surface area contributed by atoms with Gasteiger partial charge in [-0.1, -0.05) is 273 Å². The summed E-state index contributed by atoms with van der Waals surface area (Å²) < 4.78 is 32.2. The lowest BCUT2D eigenvalue weighted by atomic mass is 9.96. The van der Waals surface area contributed by atoms with E-state index in [1.807, 2.05) is 91.0 Å². The normalized spacial score (nSPS) is 12.1. The van der Waals surface area contributed by atoms with Gasteiger partial charge in [-0.15, -0.1) is 0 Å². The fourth-order valence-electron chi connectivity index (χ4n) is 19.1. The predicted molar refractivity (Wildman–Crippen MR) is 495 cm³/mol. The van der Waals surface area contributed by atoms with Crippen molar-refractivity contribution in [2.45, 2.75) is 0 Å². The first kappa shape index (κ1) is 67.5. The average Bonchev–Trinajstić information content (AvgIpc) is 1.55. The number of hydrogen-bond acceptors (Lipinski definition) is 10. The van der Waals surface area contributed by atoms with Gasteiger partial charge in [-0.3, -0.25) is 0 Å². The molecule has 8 heterocycles. The van der Waals surface area contributed by atoms with Crippen LogP contribution in [0, 0.1) is 0 Å². The Morgan fingerprint density at radius 2 is 0.525 bits per heavy atom.